The van der Waals surface area contributed by atoms with Gasteiger partial charge in [0.15, 0.2) is 0 Å². The Morgan fingerprint density at radius 2 is 2.21 bits per heavy atom. The lowest BCUT2D eigenvalue weighted by Crippen LogP contribution is -2.50. The van der Waals surface area contributed by atoms with Crippen molar-refractivity contribution in [2.75, 3.05) is 13.2 Å². The maximum absolute atomic E-state index is 11.7. The molecule has 2 N–H and O–H groups in total. The zero-order valence-electron chi connectivity index (χ0n) is 9.21. The van der Waals surface area contributed by atoms with Crippen molar-refractivity contribution in [3.05, 3.63) is 0 Å². The van der Waals surface area contributed by atoms with Crippen molar-refractivity contribution in [1.82, 2.24) is 10.2 Å². The summed E-state index contributed by atoms with van der Waals surface area (Å²) >= 11 is 0. The summed E-state index contributed by atoms with van der Waals surface area (Å²) in [5.74, 6) is 0. The molecule has 0 saturated carbocycles. The molecule has 4 heteroatoms. The highest BCUT2D eigenvalue weighted by Crippen LogP contribution is 2.17. The Morgan fingerprint density at radius 1 is 1.57 bits per heavy atom. The maximum Gasteiger partial charge on any atom is 0.318 e. The summed E-state index contributed by atoms with van der Waals surface area (Å²) in [5, 5.41) is 12.0. The minimum absolute atomic E-state index is 0.0114. The summed E-state index contributed by atoms with van der Waals surface area (Å²) < 4.78 is 0. The van der Waals surface area contributed by atoms with Crippen molar-refractivity contribution in [3.63, 3.8) is 0 Å². The second kappa shape index (κ2) is 4.17. The van der Waals surface area contributed by atoms with Crippen LogP contribution in [0.3, 0.4) is 0 Å². The lowest BCUT2D eigenvalue weighted by atomic mass is 10.1. The van der Waals surface area contributed by atoms with Crippen LogP contribution in [0.1, 0.15) is 33.6 Å². The van der Waals surface area contributed by atoms with Crippen LogP contribution in [0.4, 0.5) is 4.79 Å². The Balaban J connectivity index is 2.52. The van der Waals surface area contributed by atoms with E-state index >= 15 is 0 Å². The maximum atomic E-state index is 11.7. The molecular formula is C10H20N2O2. The van der Waals surface area contributed by atoms with Gasteiger partial charge in [-0.2, -0.15) is 0 Å². The van der Waals surface area contributed by atoms with Gasteiger partial charge in [0, 0.05) is 12.1 Å². The van der Waals surface area contributed by atoms with Gasteiger partial charge in [0.05, 0.1) is 12.6 Å². The van der Waals surface area contributed by atoms with E-state index in [1.54, 1.807) is 4.90 Å². The van der Waals surface area contributed by atoms with Crippen LogP contribution in [-0.4, -0.2) is 40.8 Å². The van der Waals surface area contributed by atoms with Crippen molar-refractivity contribution in [3.8, 4) is 0 Å². The number of nitrogens with zero attached hydrogens (tertiary/aromatic N) is 1. The van der Waals surface area contributed by atoms with Crippen molar-refractivity contribution in [2.45, 2.75) is 45.2 Å². The van der Waals surface area contributed by atoms with Gasteiger partial charge >= 0.3 is 6.03 Å². The molecule has 0 aromatic carbocycles. The van der Waals surface area contributed by atoms with Crippen LogP contribution in [-0.2, 0) is 0 Å². The number of amides is 2. The Labute approximate surface area is 85.3 Å². The van der Waals surface area contributed by atoms with Crippen molar-refractivity contribution >= 4 is 6.03 Å². The van der Waals surface area contributed by atoms with Gasteiger partial charge in [-0.05, 0) is 33.6 Å². The highest BCUT2D eigenvalue weighted by Gasteiger charge is 2.29. The minimum atomic E-state index is -0.209. The molecule has 0 spiro atoms. The van der Waals surface area contributed by atoms with Crippen LogP contribution in [0.15, 0.2) is 0 Å². The van der Waals surface area contributed by atoms with Gasteiger partial charge in [-0.3, -0.25) is 0 Å². The van der Waals surface area contributed by atoms with Crippen LogP contribution in [0, 0.1) is 0 Å². The van der Waals surface area contributed by atoms with Crippen LogP contribution < -0.4 is 5.32 Å². The van der Waals surface area contributed by atoms with Crippen molar-refractivity contribution < 1.29 is 9.90 Å². The summed E-state index contributed by atoms with van der Waals surface area (Å²) in [7, 11) is 0. The molecule has 2 amide bonds. The molecule has 1 saturated heterocycles. The zero-order valence-corrected chi connectivity index (χ0v) is 9.21. The van der Waals surface area contributed by atoms with Gasteiger partial charge < -0.3 is 15.3 Å². The molecule has 4 nitrogen and oxygen atoms in total. The molecule has 82 valence electrons. The topological polar surface area (TPSA) is 52.6 Å². The molecule has 0 aliphatic carbocycles. The molecule has 1 atom stereocenters. The molecular weight excluding hydrogens is 180 g/mol. The van der Waals surface area contributed by atoms with Crippen LogP contribution in [0.25, 0.3) is 0 Å². The van der Waals surface area contributed by atoms with E-state index in [2.05, 4.69) is 5.32 Å². The fourth-order valence-electron chi connectivity index (χ4n) is 1.69. The summed E-state index contributed by atoms with van der Waals surface area (Å²) in [6, 6.07) is -0.0496. The molecule has 1 aliphatic heterocycles. The monoisotopic (exact) mass is 200 g/mol. The molecule has 1 aliphatic rings. The largest absolute Gasteiger partial charge is 0.394 e. The van der Waals surface area contributed by atoms with Gasteiger partial charge in [-0.15, -0.1) is 0 Å². The third-order valence-corrected chi connectivity index (χ3v) is 2.33. The number of hydrogen-bond acceptors (Lipinski definition) is 2. The first-order chi connectivity index (χ1) is 6.44. The SMILES string of the molecule is CC(C)(C)NC(=O)N1CCCC1CO. The van der Waals surface area contributed by atoms with Crippen molar-refractivity contribution in [1.29, 1.82) is 0 Å². The number of nitrogens with one attached hydrogen (secondary N) is 1. The lowest BCUT2D eigenvalue weighted by molar-refractivity contribution is 0.151. The van der Waals surface area contributed by atoms with E-state index in [-0.39, 0.29) is 24.2 Å². The standard InChI is InChI=1S/C10H20N2O2/c1-10(2,3)11-9(14)12-6-4-5-8(12)7-13/h8,13H,4-7H2,1-3H3,(H,11,14). The van der Waals surface area contributed by atoms with Crippen LogP contribution in [0.5, 0.6) is 0 Å². The average molecular weight is 200 g/mol. The molecule has 1 fully saturated rings. The van der Waals surface area contributed by atoms with E-state index in [1.807, 2.05) is 20.8 Å². The number of likely N-dealkylation sites (tertiary alicyclic amines) is 1. The van der Waals surface area contributed by atoms with Gasteiger partial charge in [-0.25, -0.2) is 4.79 Å². The molecule has 0 aromatic heterocycles. The molecule has 1 rings (SSSR count). The predicted molar refractivity (Wildman–Crippen MR) is 55.1 cm³/mol. The third kappa shape index (κ3) is 2.87. The summed E-state index contributed by atoms with van der Waals surface area (Å²) in [5.41, 5.74) is -0.209. The second-order valence-electron chi connectivity index (χ2n) is 4.85. The Hall–Kier alpha value is -0.770. The van der Waals surface area contributed by atoms with Crippen LogP contribution >= 0.6 is 0 Å². The lowest BCUT2D eigenvalue weighted by Gasteiger charge is -2.28. The van der Waals surface area contributed by atoms with Gasteiger partial charge in [-0.1, -0.05) is 0 Å². The molecule has 14 heavy (non-hydrogen) atoms. The molecule has 1 heterocycles. The fourth-order valence-corrected chi connectivity index (χ4v) is 1.69. The molecule has 0 aromatic rings. The first-order valence-corrected chi connectivity index (χ1v) is 5.13. The van der Waals surface area contributed by atoms with E-state index in [1.165, 1.54) is 0 Å². The van der Waals surface area contributed by atoms with Crippen LogP contribution in [0.2, 0.25) is 0 Å². The van der Waals surface area contributed by atoms with Gasteiger partial charge in [0.1, 0.15) is 0 Å². The highest BCUT2D eigenvalue weighted by molar-refractivity contribution is 5.75. The summed E-state index contributed by atoms with van der Waals surface area (Å²) in [6.07, 6.45) is 1.90. The minimum Gasteiger partial charge on any atom is -0.394 e. The number of carbonyl (C=O) groups excluding carboxylic acids is 1. The first kappa shape index (κ1) is 11.3. The van der Waals surface area contributed by atoms with Gasteiger partial charge in [0.2, 0.25) is 0 Å². The van der Waals surface area contributed by atoms with E-state index in [0.717, 1.165) is 19.4 Å². The van der Waals surface area contributed by atoms with E-state index in [9.17, 15) is 4.79 Å². The number of aliphatic hydroxyl groups excluding tert-OH is 1. The number of rotatable bonds is 1. The van der Waals surface area contributed by atoms with E-state index in [4.69, 9.17) is 5.11 Å². The highest BCUT2D eigenvalue weighted by atomic mass is 16.3. The summed E-state index contributed by atoms with van der Waals surface area (Å²) in [4.78, 5) is 13.5. The van der Waals surface area contributed by atoms with E-state index < -0.39 is 0 Å². The Kier molecular flexibility index (Phi) is 3.37. The van der Waals surface area contributed by atoms with Gasteiger partial charge in [0.25, 0.3) is 0 Å². The molecule has 0 bridgehead atoms. The smallest absolute Gasteiger partial charge is 0.318 e. The Bertz CT molecular complexity index is 211. The number of aliphatic hydroxyl groups is 1. The third-order valence-electron chi connectivity index (χ3n) is 2.33. The quantitative estimate of drug-likeness (QED) is 0.662. The second-order valence-corrected chi connectivity index (χ2v) is 4.85. The number of urea groups is 1. The normalized spacial score (nSPS) is 22.6. The zero-order chi connectivity index (χ0) is 10.8. The fraction of sp³-hybridized carbons (Fsp3) is 0.900. The average Bonchev–Trinajstić information content (AvgIpc) is 2.47. The molecule has 1 unspecified atom stereocenters. The summed E-state index contributed by atoms with van der Waals surface area (Å²) in [6.45, 7) is 6.68. The molecule has 0 radical (unpaired) electrons. The Morgan fingerprint density at radius 3 is 2.71 bits per heavy atom. The first-order valence-electron chi connectivity index (χ1n) is 5.13. The number of carbonyl (C=O) groups is 1. The number of hydrogen-bond donors (Lipinski definition) is 2. The predicted octanol–water partition coefficient (Wildman–Crippen LogP) is 0.951. The van der Waals surface area contributed by atoms with Crippen molar-refractivity contribution in [2.24, 2.45) is 0 Å². The van der Waals surface area contributed by atoms with E-state index in [0.29, 0.717) is 0 Å².